The number of carbonyl (C=O) groups excluding carboxylic acids is 1. The van der Waals surface area contributed by atoms with Gasteiger partial charge >= 0.3 is 0 Å². The summed E-state index contributed by atoms with van der Waals surface area (Å²) in [5.74, 6) is 0.197. The van der Waals surface area contributed by atoms with E-state index in [1.165, 1.54) is 6.20 Å². The van der Waals surface area contributed by atoms with Gasteiger partial charge in [0.15, 0.2) is 0 Å². The zero-order valence-corrected chi connectivity index (χ0v) is 11.3. The van der Waals surface area contributed by atoms with Crippen molar-refractivity contribution in [3.05, 3.63) is 52.9 Å². The summed E-state index contributed by atoms with van der Waals surface area (Å²) in [6.07, 6.45) is 3.16. The maximum Gasteiger partial charge on any atom is 0.250 e. The van der Waals surface area contributed by atoms with E-state index in [2.05, 4.69) is 25.9 Å². The summed E-state index contributed by atoms with van der Waals surface area (Å²) in [5, 5.41) is 0. The van der Waals surface area contributed by atoms with Crippen LogP contribution in [0.15, 0.2) is 47.3 Å². The summed E-state index contributed by atoms with van der Waals surface area (Å²) in [6.45, 7) is 0. The highest BCUT2D eigenvalue weighted by Gasteiger charge is 2.07. The van der Waals surface area contributed by atoms with Crippen LogP contribution in [0.1, 0.15) is 10.4 Å². The summed E-state index contributed by atoms with van der Waals surface area (Å²) in [4.78, 5) is 19.5. The second-order valence-electron chi connectivity index (χ2n) is 4.02. The Kier molecular flexibility index (Phi) is 2.79. The lowest BCUT2D eigenvalue weighted by atomic mass is 10.2. The molecule has 0 unspecified atom stereocenters. The van der Waals surface area contributed by atoms with Crippen LogP contribution >= 0.6 is 15.9 Å². The third-order valence-corrected chi connectivity index (χ3v) is 3.28. The van der Waals surface area contributed by atoms with Gasteiger partial charge in [0.05, 0.1) is 16.6 Å². The molecule has 94 valence electrons. The maximum atomic E-state index is 11.0. The fraction of sp³-hybridized carbons (Fsp3) is 0. The molecule has 0 saturated carbocycles. The first-order chi connectivity index (χ1) is 9.15. The second kappa shape index (κ2) is 4.47. The number of pyridine rings is 1. The SMILES string of the molecule is NC(=O)c1ccc(-n2cnc3ccc(Br)cc32)nc1. The molecule has 0 spiro atoms. The molecule has 0 fully saturated rings. The molecule has 0 atom stereocenters. The molecule has 0 aliphatic heterocycles. The van der Waals surface area contributed by atoms with Crippen molar-refractivity contribution in [1.82, 2.24) is 14.5 Å². The topological polar surface area (TPSA) is 73.8 Å². The van der Waals surface area contributed by atoms with Crippen LogP contribution in [0.5, 0.6) is 0 Å². The number of hydrogen-bond donors (Lipinski definition) is 1. The number of aromatic nitrogens is 3. The van der Waals surface area contributed by atoms with Crippen LogP contribution in [0.2, 0.25) is 0 Å². The third kappa shape index (κ3) is 2.10. The molecule has 6 heteroatoms. The number of nitrogens with two attached hydrogens (primary N) is 1. The van der Waals surface area contributed by atoms with Crippen molar-refractivity contribution >= 4 is 32.9 Å². The van der Waals surface area contributed by atoms with Crippen molar-refractivity contribution in [3.63, 3.8) is 0 Å². The number of nitrogens with zero attached hydrogens (tertiary/aromatic N) is 3. The van der Waals surface area contributed by atoms with Gasteiger partial charge in [-0.15, -0.1) is 0 Å². The minimum Gasteiger partial charge on any atom is -0.366 e. The van der Waals surface area contributed by atoms with E-state index in [0.29, 0.717) is 11.4 Å². The van der Waals surface area contributed by atoms with Crippen LogP contribution < -0.4 is 5.73 Å². The maximum absolute atomic E-state index is 11.0. The first-order valence-corrected chi connectivity index (χ1v) is 6.33. The molecule has 5 nitrogen and oxygen atoms in total. The van der Waals surface area contributed by atoms with E-state index in [9.17, 15) is 4.79 Å². The van der Waals surface area contributed by atoms with Gasteiger partial charge in [-0.2, -0.15) is 0 Å². The van der Waals surface area contributed by atoms with Gasteiger partial charge in [0.25, 0.3) is 0 Å². The smallest absolute Gasteiger partial charge is 0.250 e. The summed E-state index contributed by atoms with van der Waals surface area (Å²) >= 11 is 3.43. The molecule has 0 aliphatic rings. The predicted molar refractivity (Wildman–Crippen MR) is 75.1 cm³/mol. The standard InChI is InChI=1S/C13H9BrN4O/c14-9-2-3-10-11(5-9)18(7-17-10)12-4-1-8(6-16-12)13(15)19/h1-7H,(H2,15,19). The Morgan fingerprint density at radius 2 is 2.05 bits per heavy atom. The van der Waals surface area contributed by atoms with Gasteiger partial charge < -0.3 is 5.73 Å². The first-order valence-electron chi connectivity index (χ1n) is 5.54. The van der Waals surface area contributed by atoms with E-state index in [0.717, 1.165) is 15.5 Å². The number of hydrogen-bond acceptors (Lipinski definition) is 3. The number of benzene rings is 1. The molecule has 3 aromatic rings. The van der Waals surface area contributed by atoms with E-state index in [1.54, 1.807) is 18.5 Å². The average Bonchev–Trinajstić information content (AvgIpc) is 2.81. The van der Waals surface area contributed by atoms with Gasteiger partial charge in [-0.25, -0.2) is 9.97 Å². The van der Waals surface area contributed by atoms with Gasteiger partial charge in [0.1, 0.15) is 12.1 Å². The molecule has 2 heterocycles. The van der Waals surface area contributed by atoms with Crippen LogP contribution in [0, 0.1) is 0 Å². The molecule has 19 heavy (non-hydrogen) atoms. The zero-order valence-electron chi connectivity index (χ0n) is 9.75. The minimum absolute atomic E-state index is 0.384. The van der Waals surface area contributed by atoms with E-state index < -0.39 is 5.91 Å². The summed E-state index contributed by atoms with van der Waals surface area (Å²) in [7, 11) is 0. The highest BCUT2D eigenvalue weighted by molar-refractivity contribution is 9.10. The van der Waals surface area contributed by atoms with Gasteiger partial charge in [-0.3, -0.25) is 9.36 Å². The van der Waals surface area contributed by atoms with E-state index in [-0.39, 0.29) is 0 Å². The molecule has 1 aromatic carbocycles. The quantitative estimate of drug-likeness (QED) is 0.788. The van der Waals surface area contributed by atoms with Crippen LogP contribution in [0.4, 0.5) is 0 Å². The Morgan fingerprint density at radius 3 is 2.74 bits per heavy atom. The molecule has 3 rings (SSSR count). The van der Waals surface area contributed by atoms with Gasteiger partial charge in [0, 0.05) is 10.7 Å². The van der Waals surface area contributed by atoms with E-state index in [4.69, 9.17) is 5.73 Å². The number of primary amides is 1. The molecule has 1 amide bonds. The number of rotatable bonds is 2. The van der Waals surface area contributed by atoms with Crippen molar-refractivity contribution in [2.45, 2.75) is 0 Å². The number of imidazole rings is 1. The molecular weight excluding hydrogens is 308 g/mol. The summed E-state index contributed by atoms with van der Waals surface area (Å²) in [5.41, 5.74) is 7.39. The Hall–Kier alpha value is -2.21. The predicted octanol–water partition coefficient (Wildman–Crippen LogP) is 2.28. The highest BCUT2D eigenvalue weighted by atomic mass is 79.9. The van der Waals surface area contributed by atoms with Crippen LogP contribution in [0.3, 0.4) is 0 Å². The van der Waals surface area contributed by atoms with E-state index >= 15 is 0 Å². The van der Waals surface area contributed by atoms with Crippen LogP contribution in [-0.2, 0) is 0 Å². The third-order valence-electron chi connectivity index (χ3n) is 2.79. The Balaban J connectivity index is 2.13. The van der Waals surface area contributed by atoms with Crippen molar-refractivity contribution in [3.8, 4) is 5.82 Å². The van der Waals surface area contributed by atoms with Crippen LogP contribution in [0.25, 0.3) is 16.9 Å². The molecule has 0 bridgehead atoms. The largest absolute Gasteiger partial charge is 0.366 e. The minimum atomic E-state index is -0.489. The fourth-order valence-electron chi connectivity index (χ4n) is 1.84. The molecule has 0 radical (unpaired) electrons. The van der Waals surface area contributed by atoms with Crippen molar-refractivity contribution in [2.24, 2.45) is 5.73 Å². The summed E-state index contributed by atoms with van der Waals surface area (Å²) in [6, 6.07) is 9.21. The van der Waals surface area contributed by atoms with Crippen LogP contribution in [-0.4, -0.2) is 20.4 Å². The number of fused-ring (bicyclic) bond motifs is 1. The van der Waals surface area contributed by atoms with Crippen molar-refractivity contribution in [2.75, 3.05) is 0 Å². The molecule has 2 N–H and O–H groups in total. The highest BCUT2D eigenvalue weighted by Crippen LogP contribution is 2.21. The molecule has 0 aliphatic carbocycles. The van der Waals surface area contributed by atoms with Gasteiger partial charge in [0.2, 0.25) is 5.91 Å². The van der Waals surface area contributed by atoms with Crippen molar-refractivity contribution < 1.29 is 4.79 Å². The molecule has 2 aromatic heterocycles. The Morgan fingerprint density at radius 1 is 1.21 bits per heavy atom. The van der Waals surface area contributed by atoms with Gasteiger partial charge in [-0.1, -0.05) is 15.9 Å². The number of amides is 1. The lowest BCUT2D eigenvalue weighted by Crippen LogP contribution is -2.11. The van der Waals surface area contributed by atoms with Gasteiger partial charge in [-0.05, 0) is 30.3 Å². The Bertz CT molecular complexity index is 764. The lowest BCUT2D eigenvalue weighted by Gasteiger charge is -2.04. The second-order valence-corrected chi connectivity index (χ2v) is 4.93. The summed E-state index contributed by atoms with van der Waals surface area (Å²) < 4.78 is 2.82. The monoisotopic (exact) mass is 316 g/mol. The number of carbonyl (C=O) groups is 1. The molecule has 0 saturated heterocycles. The Labute approximate surface area is 117 Å². The zero-order chi connectivity index (χ0) is 13.4. The first kappa shape index (κ1) is 11.9. The normalized spacial score (nSPS) is 10.8. The lowest BCUT2D eigenvalue weighted by molar-refractivity contribution is 0.1000. The van der Waals surface area contributed by atoms with E-state index in [1.807, 2.05) is 22.8 Å². The average molecular weight is 317 g/mol. The number of halogens is 1. The van der Waals surface area contributed by atoms with Crippen molar-refractivity contribution in [1.29, 1.82) is 0 Å². The molecular formula is C13H9BrN4O. The fourth-order valence-corrected chi connectivity index (χ4v) is 2.19.